The molecule has 2 aliphatic heterocycles. The number of likely N-dealkylation sites (tertiary alicyclic amines) is 1. The molecule has 9 heteroatoms. The number of ether oxygens (including phenoxy) is 3. The quantitative estimate of drug-likeness (QED) is 0.244. The van der Waals surface area contributed by atoms with Crippen molar-refractivity contribution in [2.24, 2.45) is 5.92 Å². The van der Waals surface area contributed by atoms with E-state index in [1.165, 1.54) is 0 Å². The zero-order valence-electron chi connectivity index (χ0n) is 27.8. The van der Waals surface area contributed by atoms with Crippen LogP contribution in [0.4, 0.5) is 16.2 Å². The molecule has 0 spiro atoms. The highest BCUT2D eigenvalue weighted by Gasteiger charge is 2.44. The molecule has 6 rings (SSSR count). The lowest BCUT2D eigenvalue weighted by Gasteiger charge is -2.41. The summed E-state index contributed by atoms with van der Waals surface area (Å²) in [5.41, 5.74) is 4.01. The number of carbonyl (C=O) groups is 3. The SMILES string of the molecule is CCOCCN1C(=O)COc2ccc(N(C(=O)[C@H]3CN(C(=O)OC(C)(C)C)CC[C@@H]3c3cccc(-c4ccccc4)c3)C3CC3)cc21. The second kappa shape index (κ2) is 13.8. The van der Waals surface area contributed by atoms with Crippen LogP contribution in [0.3, 0.4) is 0 Å². The van der Waals surface area contributed by atoms with Crippen molar-refractivity contribution in [1.82, 2.24) is 4.90 Å². The Labute approximate surface area is 277 Å². The van der Waals surface area contributed by atoms with Crippen LogP contribution in [0.5, 0.6) is 5.75 Å². The predicted octanol–water partition coefficient (Wildman–Crippen LogP) is 6.65. The lowest BCUT2D eigenvalue weighted by atomic mass is 9.79. The van der Waals surface area contributed by atoms with E-state index in [-0.39, 0.29) is 36.9 Å². The van der Waals surface area contributed by atoms with Gasteiger partial charge in [0.05, 0.1) is 18.2 Å². The molecular weight excluding hydrogens is 594 g/mol. The summed E-state index contributed by atoms with van der Waals surface area (Å²) in [6.45, 7) is 9.57. The van der Waals surface area contributed by atoms with Crippen molar-refractivity contribution in [3.63, 3.8) is 0 Å². The monoisotopic (exact) mass is 639 g/mol. The fraction of sp³-hybridized carbons (Fsp3) is 0.447. The van der Waals surface area contributed by atoms with Gasteiger partial charge in [-0.1, -0.05) is 54.6 Å². The third kappa shape index (κ3) is 7.46. The maximum Gasteiger partial charge on any atom is 0.410 e. The van der Waals surface area contributed by atoms with Gasteiger partial charge >= 0.3 is 6.09 Å². The molecule has 0 N–H and O–H groups in total. The van der Waals surface area contributed by atoms with Crippen LogP contribution in [0, 0.1) is 5.92 Å². The van der Waals surface area contributed by atoms with Crippen LogP contribution in [-0.2, 0) is 19.1 Å². The van der Waals surface area contributed by atoms with E-state index >= 15 is 0 Å². The molecule has 1 saturated carbocycles. The van der Waals surface area contributed by atoms with Crippen molar-refractivity contribution >= 4 is 29.3 Å². The summed E-state index contributed by atoms with van der Waals surface area (Å²) in [6, 6.07) is 24.4. The van der Waals surface area contributed by atoms with Gasteiger partial charge in [-0.25, -0.2) is 4.79 Å². The molecule has 1 saturated heterocycles. The van der Waals surface area contributed by atoms with Crippen LogP contribution in [-0.4, -0.2) is 73.9 Å². The number of hydrogen-bond donors (Lipinski definition) is 0. The van der Waals surface area contributed by atoms with Crippen molar-refractivity contribution in [3.8, 4) is 16.9 Å². The third-order valence-corrected chi connectivity index (χ3v) is 8.98. The number of anilines is 2. The molecule has 3 aromatic carbocycles. The smallest absolute Gasteiger partial charge is 0.410 e. The average molecular weight is 640 g/mol. The molecule has 2 heterocycles. The Kier molecular flexibility index (Phi) is 9.55. The molecule has 0 radical (unpaired) electrons. The molecule has 9 nitrogen and oxygen atoms in total. The second-order valence-electron chi connectivity index (χ2n) is 13.5. The average Bonchev–Trinajstić information content (AvgIpc) is 3.90. The predicted molar refractivity (Wildman–Crippen MR) is 182 cm³/mol. The number of carbonyl (C=O) groups excluding carboxylic acids is 3. The normalized spacial score (nSPS) is 19.5. The van der Waals surface area contributed by atoms with E-state index in [9.17, 15) is 14.4 Å². The lowest BCUT2D eigenvalue weighted by Crippen LogP contribution is -2.51. The number of rotatable bonds is 9. The molecule has 1 aliphatic carbocycles. The first-order valence-corrected chi connectivity index (χ1v) is 16.7. The van der Waals surface area contributed by atoms with Crippen LogP contribution in [0.1, 0.15) is 58.4 Å². The molecule has 3 aromatic rings. The van der Waals surface area contributed by atoms with E-state index in [1.54, 1.807) is 9.80 Å². The summed E-state index contributed by atoms with van der Waals surface area (Å²) in [7, 11) is 0. The Hall–Kier alpha value is -4.37. The molecule has 248 valence electrons. The van der Waals surface area contributed by atoms with Crippen molar-refractivity contribution < 1.29 is 28.6 Å². The van der Waals surface area contributed by atoms with Crippen LogP contribution in [0.2, 0.25) is 0 Å². The molecule has 47 heavy (non-hydrogen) atoms. The minimum Gasteiger partial charge on any atom is -0.482 e. The van der Waals surface area contributed by atoms with Gasteiger partial charge in [-0.3, -0.25) is 9.59 Å². The van der Waals surface area contributed by atoms with Crippen LogP contribution in [0.25, 0.3) is 11.1 Å². The maximum absolute atomic E-state index is 14.9. The van der Waals surface area contributed by atoms with Gasteiger partial charge in [0.1, 0.15) is 11.4 Å². The Bertz CT molecular complexity index is 1600. The van der Waals surface area contributed by atoms with Gasteiger partial charge in [-0.15, -0.1) is 0 Å². The number of fused-ring (bicyclic) bond motifs is 1. The largest absolute Gasteiger partial charge is 0.482 e. The van der Waals surface area contributed by atoms with E-state index in [2.05, 4.69) is 36.4 Å². The van der Waals surface area contributed by atoms with Gasteiger partial charge < -0.3 is 28.9 Å². The summed E-state index contributed by atoms with van der Waals surface area (Å²) in [4.78, 5) is 46.4. The Morgan fingerprint density at radius 3 is 2.45 bits per heavy atom. The third-order valence-electron chi connectivity index (χ3n) is 8.98. The standard InChI is InChI=1S/C38H45N3O6/c1-5-45-21-20-40-33-23-30(16-17-34(33)46-25-35(40)42)41(29-14-15-29)36(43)32-24-39(37(44)47-38(2,3)4)19-18-31(32)28-13-9-12-27(22-28)26-10-7-6-8-11-26/h6-13,16-17,22-23,29,31-32H,5,14-15,18-21,24-25H2,1-4H3/t31-,32+/m1/s1. The summed E-state index contributed by atoms with van der Waals surface area (Å²) in [5.74, 6) is -0.156. The molecule has 2 atom stereocenters. The highest BCUT2D eigenvalue weighted by atomic mass is 16.6. The molecule has 2 fully saturated rings. The number of nitrogens with zero attached hydrogens (tertiary/aromatic N) is 3. The first kappa shape index (κ1) is 32.6. The minimum absolute atomic E-state index is 0.0280. The van der Waals surface area contributed by atoms with E-state index in [0.29, 0.717) is 44.2 Å². The number of amides is 3. The van der Waals surface area contributed by atoms with E-state index < -0.39 is 17.6 Å². The van der Waals surface area contributed by atoms with Crippen LogP contribution < -0.4 is 14.5 Å². The highest BCUT2D eigenvalue weighted by molar-refractivity contribution is 6.01. The van der Waals surface area contributed by atoms with E-state index in [0.717, 1.165) is 35.2 Å². The molecule has 0 aromatic heterocycles. The Morgan fingerprint density at radius 2 is 1.72 bits per heavy atom. The van der Waals surface area contributed by atoms with Gasteiger partial charge in [0.2, 0.25) is 5.91 Å². The highest BCUT2D eigenvalue weighted by Crippen LogP contribution is 2.43. The molecule has 0 bridgehead atoms. The van der Waals surface area contributed by atoms with Crippen LogP contribution >= 0.6 is 0 Å². The van der Waals surface area contributed by atoms with E-state index in [1.807, 2.05) is 69.0 Å². The zero-order valence-corrected chi connectivity index (χ0v) is 27.8. The van der Waals surface area contributed by atoms with Crippen LogP contribution in [0.15, 0.2) is 72.8 Å². The van der Waals surface area contributed by atoms with Crippen molar-refractivity contribution in [3.05, 3.63) is 78.4 Å². The summed E-state index contributed by atoms with van der Waals surface area (Å²) >= 11 is 0. The number of hydrogen-bond acceptors (Lipinski definition) is 6. The summed E-state index contributed by atoms with van der Waals surface area (Å²) < 4.78 is 17.1. The molecule has 3 amide bonds. The number of benzene rings is 3. The lowest BCUT2D eigenvalue weighted by molar-refractivity contribution is -0.124. The molecular formula is C38H45N3O6. The van der Waals surface area contributed by atoms with Gasteiger partial charge in [0.15, 0.2) is 6.61 Å². The summed E-state index contributed by atoms with van der Waals surface area (Å²) in [5, 5.41) is 0. The van der Waals surface area contributed by atoms with Gasteiger partial charge in [-0.05, 0) is 87.8 Å². The maximum atomic E-state index is 14.9. The van der Waals surface area contributed by atoms with E-state index in [4.69, 9.17) is 14.2 Å². The number of piperidine rings is 1. The van der Waals surface area contributed by atoms with Gasteiger partial charge in [-0.2, -0.15) is 0 Å². The van der Waals surface area contributed by atoms with Crippen molar-refractivity contribution in [2.45, 2.75) is 64.5 Å². The Morgan fingerprint density at radius 1 is 0.957 bits per heavy atom. The first-order chi connectivity index (χ1) is 22.6. The fourth-order valence-corrected chi connectivity index (χ4v) is 6.59. The summed E-state index contributed by atoms with van der Waals surface area (Å²) in [6.07, 6.45) is 2.01. The first-order valence-electron chi connectivity index (χ1n) is 16.7. The second-order valence-corrected chi connectivity index (χ2v) is 13.5. The zero-order chi connectivity index (χ0) is 33.1. The van der Waals surface area contributed by atoms with Gasteiger partial charge in [0, 0.05) is 38.0 Å². The minimum atomic E-state index is -0.645. The molecule has 3 aliphatic rings. The van der Waals surface area contributed by atoms with Crippen molar-refractivity contribution in [1.29, 1.82) is 0 Å². The molecule has 0 unspecified atom stereocenters. The topological polar surface area (TPSA) is 88.6 Å². The Balaban J connectivity index is 1.35. The van der Waals surface area contributed by atoms with Crippen molar-refractivity contribution in [2.75, 3.05) is 49.3 Å². The van der Waals surface area contributed by atoms with Gasteiger partial charge in [0.25, 0.3) is 5.91 Å². The fourth-order valence-electron chi connectivity index (χ4n) is 6.59.